The van der Waals surface area contributed by atoms with Crippen molar-refractivity contribution in [2.45, 2.75) is 25.2 Å². The van der Waals surface area contributed by atoms with Gasteiger partial charge in [-0.05, 0) is 48.2 Å². The van der Waals surface area contributed by atoms with Gasteiger partial charge in [-0.15, -0.1) is 0 Å². The molecular formula is C23H25N5O2. The number of carbonyl (C=O) groups excluding carboxylic acids is 1. The molecule has 1 aliphatic heterocycles. The second kappa shape index (κ2) is 8.90. The third-order valence-corrected chi connectivity index (χ3v) is 5.55. The van der Waals surface area contributed by atoms with Gasteiger partial charge in [-0.25, -0.2) is 15.0 Å². The molecule has 7 nitrogen and oxygen atoms in total. The van der Waals surface area contributed by atoms with Gasteiger partial charge in [0, 0.05) is 43.4 Å². The minimum Gasteiger partial charge on any atom is -0.497 e. The fourth-order valence-corrected chi connectivity index (χ4v) is 3.91. The van der Waals surface area contributed by atoms with Gasteiger partial charge in [0.05, 0.1) is 12.8 Å². The predicted octanol–water partition coefficient (Wildman–Crippen LogP) is 3.08. The average Bonchev–Trinajstić information content (AvgIpc) is 3.28. The second-order valence-electron chi connectivity index (χ2n) is 7.46. The molecule has 0 bridgehead atoms. The average molecular weight is 403 g/mol. The Morgan fingerprint density at radius 2 is 2.07 bits per heavy atom. The van der Waals surface area contributed by atoms with E-state index in [9.17, 15) is 4.79 Å². The summed E-state index contributed by atoms with van der Waals surface area (Å²) in [6, 6.07) is 11.6. The topological polar surface area (TPSA) is 94.2 Å². The van der Waals surface area contributed by atoms with Crippen LogP contribution in [-0.4, -0.2) is 46.0 Å². The van der Waals surface area contributed by atoms with Crippen LogP contribution in [0.25, 0.3) is 11.1 Å². The molecule has 3 heterocycles. The lowest BCUT2D eigenvalue weighted by Crippen LogP contribution is -2.28. The lowest BCUT2D eigenvalue weighted by molar-refractivity contribution is -0.130. The van der Waals surface area contributed by atoms with E-state index < -0.39 is 0 Å². The number of nitrogens with two attached hydrogens (primary N) is 1. The largest absolute Gasteiger partial charge is 0.497 e. The first-order valence-corrected chi connectivity index (χ1v) is 10.1. The molecule has 2 N–H and O–H groups in total. The smallest absolute Gasteiger partial charge is 0.222 e. The summed E-state index contributed by atoms with van der Waals surface area (Å²) in [7, 11) is 1.65. The van der Waals surface area contributed by atoms with Crippen molar-refractivity contribution < 1.29 is 9.53 Å². The summed E-state index contributed by atoms with van der Waals surface area (Å²) in [4.78, 5) is 27.5. The van der Waals surface area contributed by atoms with Gasteiger partial charge in [0.25, 0.3) is 0 Å². The number of methoxy groups -OCH3 is 1. The Kier molecular flexibility index (Phi) is 5.88. The van der Waals surface area contributed by atoms with Gasteiger partial charge >= 0.3 is 0 Å². The molecule has 1 atom stereocenters. The molecule has 1 aliphatic rings. The van der Waals surface area contributed by atoms with E-state index in [-0.39, 0.29) is 11.8 Å². The zero-order valence-corrected chi connectivity index (χ0v) is 17.0. The quantitative estimate of drug-likeness (QED) is 0.680. The van der Waals surface area contributed by atoms with Gasteiger partial charge < -0.3 is 15.4 Å². The third-order valence-electron chi connectivity index (χ3n) is 5.55. The molecule has 1 aromatic carbocycles. The number of benzene rings is 1. The van der Waals surface area contributed by atoms with E-state index in [4.69, 9.17) is 10.5 Å². The van der Waals surface area contributed by atoms with Gasteiger partial charge in [-0.1, -0.05) is 12.1 Å². The number of pyridine rings is 1. The number of hydrogen-bond acceptors (Lipinski definition) is 6. The summed E-state index contributed by atoms with van der Waals surface area (Å²) >= 11 is 0. The highest BCUT2D eigenvalue weighted by Crippen LogP contribution is 2.33. The lowest BCUT2D eigenvalue weighted by atomic mass is 9.96. The minimum absolute atomic E-state index is 0.178. The Labute approximate surface area is 175 Å². The van der Waals surface area contributed by atoms with Crippen molar-refractivity contribution >= 4 is 11.7 Å². The summed E-state index contributed by atoms with van der Waals surface area (Å²) in [6.45, 7) is 1.42. The molecule has 1 fully saturated rings. The SMILES string of the molecule is COc1ccc(CCC(=O)N2CC[C@@H](c3ncncc3-c3ccnc(N)c3)C2)cc1. The molecule has 0 unspecified atom stereocenters. The molecule has 7 heteroatoms. The fourth-order valence-electron chi connectivity index (χ4n) is 3.91. The zero-order valence-electron chi connectivity index (χ0n) is 17.0. The van der Waals surface area contributed by atoms with Gasteiger partial charge in [0.15, 0.2) is 0 Å². The first kappa shape index (κ1) is 19.8. The summed E-state index contributed by atoms with van der Waals surface area (Å²) in [6.07, 6.45) is 7.17. The van der Waals surface area contributed by atoms with E-state index in [1.165, 1.54) is 0 Å². The Hall–Kier alpha value is -3.48. The Bertz CT molecular complexity index is 1020. The van der Waals surface area contributed by atoms with Crippen molar-refractivity contribution in [3.8, 4) is 16.9 Å². The maximum absolute atomic E-state index is 12.8. The summed E-state index contributed by atoms with van der Waals surface area (Å²) < 4.78 is 5.18. The van der Waals surface area contributed by atoms with Crippen LogP contribution in [0.2, 0.25) is 0 Å². The second-order valence-corrected chi connectivity index (χ2v) is 7.46. The summed E-state index contributed by atoms with van der Waals surface area (Å²) in [5.41, 5.74) is 9.83. The highest BCUT2D eigenvalue weighted by molar-refractivity contribution is 5.77. The van der Waals surface area contributed by atoms with Crippen LogP contribution in [0.1, 0.15) is 30.0 Å². The number of rotatable bonds is 6. The molecule has 1 amide bonds. The molecule has 30 heavy (non-hydrogen) atoms. The van der Waals surface area contributed by atoms with Crippen LogP contribution in [0.3, 0.4) is 0 Å². The van der Waals surface area contributed by atoms with E-state index in [0.717, 1.165) is 47.5 Å². The number of carbonyl (C=O) groups is 1. The van der Waals surface area contributed by atoms with Crippen LogP contribution in [0.15, 0.2) is 55.1 Å². The maximum Gasteiger partial charge on any atom is 0.222 e. The molecule has 4 rings (SSSR count). The number of likely N-dealkylation sites (tertiary alicyclic amines) is 1. The van der Waals surface area contributed by atoms with E-state index in [0.29, 0.717) is 18.8 Å². The van der Waals surface area contributed by atoms with Crippen molar-refractivity contribution in [2.75, 3.05) is 25.9 Å². The highest BCUT2D eigenvalue weighted by atomic mass is 16.5. The standard InChI is InChI=1S/C23H25N5O2/c1-30-19-5-2-16(3-6-19)4-7-22(29)28-11-9-18(14-28)23-20(13-25-15-27-23)17-8-10-26-21(24)12-17/h2-3,5-6,8,10,12-13,15,18H,4,7,9,11,14H2,1H3,(H2,24,26)/t18-/m1/s1. The van der Waals surface area contributed by atoms with E-state index in [2.05, 4.69) is 15.0 Å². The molecule has 0 saturated carbocycles. The number of amides is 1. The molecule has 3 aromatic rings. The van der Waals surface area contributed by atoms with Crippen molar-refractivity contribution in [3.63, 3.8) is 0 Å². The van der Waals surface area contributed by atoms with Crippen LogP contribution < -0.4 is 10.5 Å². The Morgan fingerprint density at radius 1 is 1.23 bits per heavy atom. The molecule has 0 aliphatic carbocycles. The van der Waals surface area contributed by atoms with E-state index in [1.807, 2.05) is 47.5 Å². The Morgan fingerprint density at radius 3 is 2.83 bits per heavy atom. The molecular weight excluding hydrogens is 378 g/mol. The van der Waals surface area contributed by atoms with Crippen LogP contribution >= 0.6 is 0 Å². The van der Waals surface area contributed by atoms with Crippen molar-refractivity contribution in [1.82, 2.24) is 19.9 Å². The third kappa shape index (κ3) is 4.40. The molecule has 0 spiro atoms. The molecule has 0 radical (unpaired) electrons. The van der Waals surface area contributed by atoms with Crippen molar-refractivity contribution in [3.05, 3.63) is 66.4 Å². The number of anilines is 1. The minimum atomic E-state index is 0.178. The highest BCUT2D eigenvalue weighted by Gasteiger charge is 2.29. The number of nitrogens with zero attached hydrogens (tertiary/aromatic N) is 4. The first-order chi connectivity index (χ1) is 14.6. The fraction of sp³-hybridized carbons (Fsp3) is 0.304. The number of aryl methyl sites for hydroxylation is 1. The lowest BCUT2D eigenvalue weighted by Gasteiger charge is -2.18. The van der Waals surface area contributed by atoms with Gasteiger partial charge in [-0.2, -0.15) is 0 Å². The molecule has 1 saturated heterocycles. The number of aromatic nitrogens is 3. The summed E-state index contributed by atoms with van der Waals surface area (Å²) in [5.74, 6) is 1.65. The Balaban J connectivity index is 1.41. The van der Waals surface area contributed by atoms with E-state index >= 15 is 0 Å². The van der Waals surface area contributed by atoms with Crippen LogP contribution in [0, 0.1) is 0 Å². The molecule has 2 aromatic heterocycles. The zero-order chi connectivity index (χ0) is 20.9. The van der Waals surface area contributed by atoms with Gasteiger partial charge in [0.1, 0.15) is 17.9 Å². The van der Waals surface area contributed by atoms with Crippen molar-refractivity contribution in [1.29, 1.82) is 0 Å². The predicted molar refractivity (Wildman–Crippen MR) is 115 cm³/mol. The number of nitrogen functional groups attached to an aromatic ring is 1. The van der Waals surface area contributed by atoms with Crippen LogP contribution in [-0.2, 0) is 11.2 Å². The number of ether oxygens (including phenoxy) is 1. The van der Waals surface area contributed by atoms with Crippen LogP contribution in [0.4, 0.5) is 5.82 Å². The van der Waals surface area contributed by atoms with Gasteiger partial charge in [-0.3, -0.25) is 4.79 Å². The monoisotopic (exact) mass is 403 g/mol. The maximum atomic E-state index is 12.8. The van der Waals surface area contributed by atoms with Crippen molar-refractivity contribution in [2.24, 2.45) is 0 Å². The molecule has 154 valence electrons. The first-order valence-electron chi connectivity index (χ1n) is 10.1. The van der Waals surface area contributed by atoms with Crippen LogP contribution in [0.5, 0.6) is 5.75 Å². The van der Waals surface area contributed by atoms with E-state index in [1.54, 1.807) is 19.6 Å². The normalized spacial score (nSPS) is 15.9. The number of hydrogen-bond donors (Lipinski definition) is 1. The van der Waals surface area contributed by atoms with Gasteiger partial charge in [0.2, 0.25) is 5.91 Å². The summed E-state index contributed by atoms with van der Waals surface area (Å²) in [5, 5.41) is 0.